The van der Waals surface area contributed by atoms with Crippen molar-refractivity contribution in [2.24, 2.45) is 0 Å². The van der Waals surface area contributed by atoms with Crippen LogP contribution in [0.4, 0.5) is 16.0 Å². The van der Waals surface area contributed by atoms with Crippen LogP contribution in [0, 0.1) is 12.7 Å². The molecule has 0 aliphatic carbocycles. The monoisotopic (exact) mass is 472 g/mol. The second kappa shape index (κ2) is 9.21. The van der Waals surface area contributed by atoms with Gasteiger partial charge in [-0.3, -0.25) is 4.79 Å². The second-order valence-corrected chi connectivity index (χ2v) is 8.52. The molecule has 5 rings (SSSR count). The maximum absolute atomic E-state index is 14.5. The number of carbonyl (C=O) groups excluding carboxylic acids is 1. The van der Waals surface area contributed by atoms with E-state index in [-0.39, 0.29) is 5.56 Å². The summed E-state index contributed by atoms with van der Waals surface area (Å²) in [6.45, 7) is 4.40. The second-order valence-electron chi connectivity index (χ2n) is 8.52. The summed E-state index contributed by atoms with van der Waals surface area (Å²) in [6.07, 6.45) is 0. The van der Waals surface area contributed by atoms with Crippen molar-refractivity contribution in [3.63, 3.8) is 0 Å². The number of rotatable bonds is 4. The Morgan fingerprint density at radius 1 is 0.914 bits per heavy atom. The Labute approximate surface area is 202 Å². The highest BCUT2D eigenvalue weighted by molar-refractivity contribution is 5.94. The first-order valence-corrected chi connectivity index (χ1v) is 11.4. The number of methoxy groups -OCH3 is 1. The molecule has 0 unspecified atom stereocenters. The molecule has 0 bridgehead atoms. The number of ether oxygens (including phenoxy) is 1. The third kappa shape index (κ3) is 4.23. The average molecular weight is 473 g/mol. The predicted octanol–water partition coefficient (Wildman–Crippen LogP) is 3.95. The molecule has 0 spiro atoms. The highest BCUT2D eigenvalue weighted by Crippen LogP contribution is 2.24. The van der Waals surface area contributed by atoms with Crippen LogP contribution in [0.15, 0.2) is 71.5 Å². The van der Waals surface area contributed by atoms with Gasteiger partial charge in [-0.25, -0.2) is 18.7 Å². The standard InChI is InChI=1S/C27H25FN4O3/c1-18-8-10-21(17-23(18)28)32-25(33)22-11-9-19(26(34)35-2)16-24(22)29-27(32)31-14-12-30(13-15-31)20-6-4-3-5-7-20/h3-11,16-17H,12-15H2,1-2H3. The number of para-hydroxylation sites is 1. The summed E-state index contributed by atoms with van der Waals surface area (Å²) < 4.78 is 20.8. The number of anilines is 2. The molecule has 1 aliphatic rings. The molecule has 8 heteroatoms. The summed E-state index contributed by atoms with van der Waals surface area (Å²) in [5.74, 6) is -0.479. The Hall–Kier alpha value is -4.20. The molecule has 2 heterocycles. The van der Waals surface area contributed by atoms with Crippen molar-refractivity contribution < 1.29 is 13.9 Å². The maximum Gasteiger partial charge on any atom is 0.337 e. The Bertz CT molecular complexity index is 1460. The van der Waals surface area contributed by atoms with Gasteiger partial charge in [-0.2, -0.15) is 0 Å². The van der Waals surface area contributed by atoms with Crippen LogP contribution in [-0.4, -0.2) is 48.8 Å². The van der Waals surface area contributed by atoms with Crippen LogP contribution in [0.2, 0.25) is 0 Å². The van der Waals surface area contributed by atoms with Crippen molar-refractivity contribution in [1.82, 2.24) is 9.55 Å². The fourth-order valence-electron chi connectivity index (χ4n) is 4.39. The molecule has 3 aromatic carbocycles. The predicted molar refractivity (Wildman–Crippen MR) is 134 cm³/mol. The Kier molecular flexibility index (Phi) is 5.94. The van der Waals surface area contributed by atoms with Gasteiger partial charge in [-0.15, -0.1) is 0 Å². The van der Waals surface area contributed by atoms with Gasteiger partial charge in [0, 0.05) is 31.9 Å². The van der Waals surface area contributed by atoms with E-state index in [1.165, 1.54) is 23.8 Å². The first-order valence-electron chi connectivity index (χ1n) is 11.4. The van der Waals surface area contributed by atoms with Crippen molar-refractivity contribution >= 4 is 28.5 Å². The van der Waals surface area contributed by atoms with E-state index in [0.717, 1.165) is 18.8 Å². The number of halogens is 1. The zero-order valence-electron chi connectivity index (χ0n) is 19.6. The van der Waals surface area contributed by atoms with Gasteiger partial charge in [-0.05, 0) is 55.0 Å². The maximum atomic E-state index is 14.5. The number of fused-ring (bicyclic) bond motifs is 1. The van der Waals surface area contributed by atoms with E-state index in [0.29, 0.717) is 46.8 Å². The van der Waals surface area contributed by atoms with Gasteiger partial charge in [0.05, 0.1) is 29.3 Å². The summed E-state index contributed by atoms with van der Waals surface area (Å²) in [5, 5.41) is 0.338. The van der Waals surface area contributed by atoms with Crippen molar-refractivity contribution in [2.45, 2.75) is 6.92 Å². The number of aromatic nitrogens is 2. The number of carbonyl (C=O) groups is 1. The highest BCUT2D eigenvalue weighted by Gasteiger charge is 2.24. The number of piperazine rings is 1. The SMILES string of the molecule is COC(=O)c1ccc2c(=O)n(-c3ccc(C)c(F)c3)c(N3CCN(c4ccccc4)CC3)nc2c1. The largest absolute Gasteiger partial charge is 0.465 e. The molecule has 0 radical (unpaired) electrons. The average Bonchev–Trinajstić information content (AvgIpc) is 2.90. The molecule has 178 valence electrons. The minimum Gasteiger partial charge on any atom is -0.465 e. The van der Waals surface area contributed by atoms with E-state index in [9.17, 15) is 14.0 Å². The molecule has 4 aromatic rings. The van der Waals surface area contributed by atoms with E-state index in [1.54, 1.807) is 31.2 Å². The number of aryl methyl sites for hydroxylation is 1. The van der Waals surface area contributed by atoms with E-state index >= 15 is 0 Å². The number of esters is 1. The minimum absolute atomic E-state index is 0.311. The molecule has 0 saturated carbocycles. The van der Waals surface area contributed by atoms with E-state index in [1.807, 2.05) is 23.1 Å². The number of hydrogen-bond acceptors (Lipinski definition) is 6. The normalized spacial score (nSPS) is 13.8. The van der Waals surface area contributed by atoms with Crippen LogP contribution in [0.5, 0.6) is 0 Å². The zero-order chi connectivity index (χ0) is 24.5. The van der Waals surface area contributed by atoms with E-state index < -0.39 is 11.8 Å². The molecular weight excluding hydrogens is 447 g/mol. The van der Waals surface area contributed by atoms with E-state index in [2.05, 4.69) is 17.0 Å². The zero-order valence-corrected chi connectivity index (χ0v) is 19.6. The molecule has 35 heavy (non-hydrogen) atoms. The van der Waals surface area contributed by atoms with Gasteiger partial charge < -0.3 is 14.5 Å². The van der Waals surface area contributed by atoms with Crippen molar-refractivity contribution in [3.05, 3.63) is 94.0 Å². The van der Waals surface area contributed by atoms with Crippen LogP contribution in [0.1, 0.15) is 15.9 Å². The summed E-state index contributed by atoms with van der Waals surface area (Å²) in [7, 11) is 1.31. The van der Waals surface area contributed by atoms with Crippen LogP contribution in [0.25, 0.3) is 16.6 Å². The molecular formula is C27H25FN4O3. The Morgan fingerprint density at radius 2 is 1.63 bits per heavy atom. The summed E-state index contributed by atoms with van der Waals surface area (Å²) in [4.78, 5) is 34.9. The number of nitrogens with zero attached hydrogens (tertiary/aromatic N) is 4. The summed E-state index contributed by atoms with van der Waals surface area (Å²) in [6, 6.07) is 19.5. The van der Waals surface area contributed by atoms with Crippen LogP contribution in [-0.2, 0) is 4.74 Å². The lowest BCUT2D eigenvalue weighted by Crippen LogP contribution is -2.48. The van der Waals surface area contributed by atoms with E-state index in [4.69, 9.17) is 9.72 Å². The van der Waals surface area contributed by atoms with Crippen molar-refractivity contribution in [1.29, 1.82) is 0 Å². The number of hydrogen-bond donors (Lipinski definition) is 0. The smallest absolute Gasteiger partial charge is 0.337 e. The van der Waals surface area contributed by atoms with Gasteiger partial charge in [0.25, 0.3) is 5.56 Å². The minimum atomic E-state index is -0.503. The number of benzene rings is 3. The molecule has 1 saturated heterocycles. The first kappa shape index (κ1) is 22.6. The van der Waals surface area contributed by atoms with Gasteiger partial charge in [-0.1, -0.05) is 24.3 Å². The molecule has 0 amide bonds. The highest BCUT2D eigenvalue weighted by atomic mass is 19.1. The fourth-order valence-corrected chi connectivity index (χ4v) is 4.39. The van der Waals surface area contributed by atoms with Gasteiger partial charge in [0.2, 0.25) is 5.95 Å². The van der Waals surface area contributed by atoms with Crippen LogP contribution in [0.3, 0.4) is 0 Å². The van der Waals surface area contributed by atoms with Crippen LogP contribution < -0.4 is 15.4 Å². The van der Waals surface area contributed by atoms with Crippen LogP contribution >= 0.6 is 0 Å². The first-order chi connectivity index (χ1) is 17.0. The molecule has 0 N–H and O–H groups in total. The Morgan fingerprint density at radius 3 is 2.31 bits per heavy atom. The van der Waals surface area contributed by atoms with Gasteiger partial charge >= 0.3 is 5.97 Å². The van der Waals surface area contributed by atoms with Crippen molar-refractivity contribution in [2.75, 3.05) is 43.1 Å². The lowest BCUT2D eigenvalue weighted by molar-refractivity contribution is 0.0601. The molecule has 0 atom stereocenters. The summed E-state index contributed by atoms with van der Waals surface area (Å²) in [5.41, 5.74) is 2.42. The molecule has 7 nitrogen and oxygen atoms in total. The quantitative estimate of drug-likeness (QED) is 0.419. The third-order valence-corrected chi connectivity index (χ3v) is 6.37. The lowest BCUT2D eigenvalue weighted by atomic mass is 10.1. The fraction of sp³-hybridized carbons (Fsp3) is 0.222. The third-order valence-electron chi connectivity index (χ3n) is 6.37. The summed E-state index contributed by atoms with van der Waals surface area (Å²) >= 11 is 0. The van der Waals surface area contributed by atoms with Crippen molar-refractivity contribution in [3.8, 4) is 5.69 Å². The Balaban J connectivity index is 1.61. The molecule has 1 fully saturated rings. The molecule has 1 aromatic heterocycles. The van der Waals surface area contributed by atoms with Gasteiger partial charge in [0.1, 0.15) is 5.82 Å². The topological polar surface area (TPSA) is 67.7 Å². The van der Waals surface area contributed by atoms with Gasteiger partial charge in [0.15, 0.2) is 0 Å². The molecule has 1 aliphatic heterocycles. The lowest BCUT2D eigenvalue weighted by Gasteiger charge is -2.37.